The van der Waals surface area contributed by atoms with E-state index in [0.29, 0.717) is 14.6 Å². The van der Waals surface area contributed by atoms with Gasteiger partial charge in [-0.2, -0.15) is 13.2 Å². The predicted molar refractivity (Wildman–Crippen MR) is 70.8 cm³/mol. The summed E-state index contributed by atoms with van der Waals surface area (Å²) in [7, 11) is 0. The molecule has 0 bridgehead atoms. The van der Waals surface area contributed by atoms with E-state index < -0.39 is 18.4 Å². The second kappa shape index (κ2) is 4.56. The maximum absolute atomic E-state index is 13.6. The predicted octanol–water partition coefficient (Wildman–Crippen LogP) is 4.27. The minimum absolute atomic E-state index is 0.280. The molecule has 96 valence electrons. The zero-order chi connectivity index (χ0) is 13.5. The molecule has 0 spiro atoms. The fourth-order valence-corrected chi connectivity index (χ4v) is 2.85. The van der Waals surface area contributed by atoms with E-state index in [4.69, 9.17) is 5.73 Å². The van der Waals surface area contributed by atoms with Gasteiger partial charge in [-0.1, -0.05) is 6.07 Å². The van der Waals surface area contributed by atoms with Gasteiger partial charge in [-0.25, -0.2) is 4.39 Å². The Morgan fingerprint density at radius 1 is 1.17 bits per heavy atom. The van der Waals surface area contributed by atoms with Gasteiger partial charge in [0.05, 0.1) is 6.42 Å². The molecule has 0 aromatic heterocycles. The second-order valence-corrected chi connectivity index (χ2v) is 5.08. The lowest BCUT2D eigenvalue weighted by Gasteiger charge is -2.12. The molecule has 6 heteroatoms. The van der Waals surface area contributed by atoms with Gasteiger partial charge in [-0.05, 0) is 46.2 Å². The molecule has 2 aromatic rings. The van der Waals surface area contributed by atoms with Crippen molar-refractivity contribution >= 4 is 39.1 Å². The van der Waals surface area contributed by atoms with E-state index in [2.05, 4.69) is 0 Å². The maximum Gasteiger partial charge on any atom is 0.393 e. The summed E-state index contributed by atoms with van der Waals surface area (Å²) in [6.45, 7) is 0. The summed E-state index contributed by atoms with van der Waals surface area (Å²) in [5.74, 6) is -0.845. The molecule has 0 atom stereocenters. The Balaban J connectivity index is 2.74. The Morgan fingerprint density at radius 2 is 1.83 bits per heavy atom. The molecule has 2 rings (SSSR count). The average molecular weight is 369 g/mol. The molecule has 1 nitrogen and oxygen atoms in total. The molecule has 18 heavy (non-hydrogen) atoms. The van der Waals surface area contributed by atoms with Gasteiger partial charge in [0.1, 0.15) is 5.82 Å². The summed E-state index contributed by atoms with van der Waals surface area (Å²) in [4.78, 5) is 0. The third-order valence-electron chi connectivity index (χ3n) is 2.52. The molecule has 0 amide bonds. The number of nitrogen functional groups attached to an aromatic ring is 1. The Bertz CT molecular complexity index is 607. The van der Waals surface area contributed by atoms with Crippen molar-refractivity contribution in [3.8, 4) is 0 Å². The van der Waals surface area contributed by atoms with Gasteiger partial charge in [0, 0.05) is 20.2 Å². The first-order valence-electron chi connectivity index (χ1n) is 5.01. The smallest absolute Gasteiger partial charge is 0.393 e. The van der Waals surface area contributed by atoms with E-state index in [9.17, 15) is 17.6 Å². The van der Waals surface area contributed by atoms with Crippen LogP contribution in [0.1, 0.15) is 5.56 Å². The highest BCUT2D eigenvalue weighted by atomic mass is 127. The summed E-state index contributed by atoms with van der Waals surface area (Å²) >= 11 is 1.86. The number of hydrogen-bond donors (Lipinski definition) is 1. The summed E-state index contributed by atoms with van der Waals surface area (Å²) in [5.41, 5.74) is 5.73. The fourth-order valence-electron chi connectivity index (χ4n) is 1.86. The van der Waals surface area contributed by atoms with Crippen LogP contribution in [0, 0.1) is 9.39 Å². The first-order valence-corrected chi connectivity index (χ1v) is 6.08. The monoisotopic (exact) mass is 369 g/mol. The van der Waals surface area contributed by atoms with Crippen LogP contribution in [0.5, 0.6) is 0 Å². The number of rotatable bonds is 1. The SMILES string of the molecule is Nc1cc(I)c2c(CC(F)(F)F)c(F)ccc2c1. The number of benzene rings is 2. The minimum atomic E-state index is -4.44. The molecule has 0 fully saturated rings. The van der Waals surface area contributed by atoms with E-state index in [-0.39, 0.29) is 10.9 Å². The molecule has 0 unspecified atom stereocenters. The Kier molecular flexibility index (Phi) is 3.39. The van der Waals surface area contributed by atoms with Gasteiger partial charge >= 0.3 is 6.18 Å². The molecule has 0 aliphatic rings. The van der Waals surface area contributed by atoms with E-state index >= 15 is 0 Å². The topological polar surface area (TPSA) is 26.0 Å². The van der Waals surface area contributed by atoms with Crippen LogP contribution in [-0.4, -0.2) is 6.18 Å². The number of nitrogens with two attached hydrogens (primary N) is 1. The summed E-state index contributed by atoms with van der Waals surface area (Å²) < 4.78 is 51.5. The van der Waals surface area contributed by atoms with E-state index in [1.165, 1.54) is 18.2 Å². The highest BCUT2D eigenvalue weighted by Crippen LogP contribution is 2.33. The summed E-state index contributed by atoms with van der Waals surface area (Å²) in [6, 6.07) is 5.54. The number of anilines is 1. The van der Waals surface area contributed by atoms with Crippen LogP contribution in [0.2, 0.25) is 0 Å². The normalized spacial score (nSPS) is 12.1. The van der Waals surface area contributed by atoms with Crippen LogP contribution in [0.25, 0.3) is 10.8 Å². The zero-order valence-electron chi connectivity index (χ0n) is 8.98. The Hall–Kier alpha value is -1.05. The van der Waals surface area contributed by atoms with Crippen molar-refractivity contribution in [3.63, 3.8) is 0 Å². The van der Waals surface area contributed by atoms with Gasteiger partial charge in [-0.15, -0.1) is 0 Å². The Morgan fingerprint density at radius 3 is 2.44 bits per heavy atom. The van der Waals surface area contributed by atoms with Gasteiger partial charge in [-0.3, -0.25) is 0 Å². The third kappa shape index (κ3) is 2.68. The largest absolute Gasteiger partial charge is 0.399 e. The lowest BCUT2D eigenvalue weighted by atomic mass is 10.0. The van der Waals surface area contributed by atoms with Gasteiger partial charge in [0.2, 0.25) is 0 Å². The second-order valence-electron chi connectivity index (χ2n) is 3.92. The van der Waals surface area contributed by atoms with Crippen LogP contribution in [0.3, 0.4) is 0 Å². The number of hydrogen-bond acceptors (Lipinski definition) is 1. The van der Waals surface area contributed by atoms with Crippen molar-refractivity contribution in [3.05, 3.63) is 39.2 Å². The van der Waals surface area contributed by atoms with E-state index in [0.717, 1.165) is 6.07 Å². The van der Waals surface area contributed by atoms with Crippen molar-refractivity contribution in [1.29, 1.82) is 0 Å². The molecule has 0 aliphatic heterocycles. The highest BCUT2D eigenvalue weighted by molar-refractivity contribution is 14.1. The van der Waals surface area contributed by atoms with Crippen molar-refractivity contribution in [1.82, 2.24) is 0 Å². The van der Waals surface area contributed by atoms with Crippen LogP contribution in [0.4, 0.5) is 23.2 Å². The third-order valence-corrected chi connectivity index (χ3v) is 3.37. The molecule has 0 saturated heterocycles. The molecule has 0 aliphatic carbocycles. The van der Waals surface area contributed by atoms with Gasteiger partial charge < -0.3 is 5.73 Å². The molecule has 0 radical (unpaired) electrons. The molecule has 0 heterocycles. The standard InChI is InChI=1S/C12H8F4IN/c13-9-2-1-6-3-7(18)4-10(17)11(6)8(9)5-12(14,15)16/h1-4H,5,18H2. The van der Waals surface area contributed by atoms with Gasteiger partial charge in [0.25, 0.3) is 0 Å². The lowest BCUT2D eigenvalue weighted by Crippen LogP contribution is -2.13. The summed E-state index contributed by atoms with van der Waals surface area (Å²) in [5, 5.41) is 0.794. The fraction of sp³-hybridized carbons (Fsp3) is 0.167. The van der Waals surface area contributed by atoms with Crippen LogP contribution in [0.15, 0.2) is 24.3 Å². The quantitative estimate of drug-likeness (QED) is 0.454. The van der Waals surface area contributed by atoms with Crippen molar-refractivity contribution < 1.29 is 17.6 Å². The van der Waals surface area contributed by atoms with Crippen LogP contribution in [-0.2, 0) is 6.42 Å². The zero-order valence-corrected chi connectivity index (χ0v) is 11.1. The Labute approximate surface area is 114 Å². The maximum atomic E-state index is 13.6. The number of alkyl halides is 3. The van der Waals surface area contributed by atoms with E-state index in [1.807, 2.05) is 22.6 Å². The molecule has 2 aromatic carbocycles. The summed E-state index contributed by atoms with van der Waals surface area (Å²) in [6.07, 6.45) is -5.73. The van der Waals surface area contributed by atoms with Crippen molar-refractivity contribution in [2.75, 3.05) is 5.73 Å². The number of halogens is 5. The van der Waals surface area contributed by atoms with Crippen molar-refractivity contribution in [2.24, 2.45) is 0 Å². The molecular formula is C12H8F4IN. The molecule has 0 saturated carbocycles. The minimum Gasteiger partial charge on any atom is -0.399 e. The van der Waals surface area contributed by atoms with Gasteiger partial charge in [0.15, 0.2) is 0 Å². The lowest BCUT2D eigenvalue weighted by molar-refractivity contribution is -0.127. The number of fused-ring (bicyclic) bond motifs is 1. The molecular weight excluding hydrogens is 361 g/mol. The average Bonchev–Trinajstić information content (AvgIpc) is 2.20. The van der Waals surface area contributed by atoms with E-state index in [1.54, 1.807) is 0 Å². The van der Waals surface area contributed by atoms with Crippen LogP contribution >= 0.6 is 22.6 Å². The first kappa shape index (κ1) is 13.4. The van der Waals surface area contributed by atoms with Crippen molar-refractivity contribution in [2.45, 2.75) is 12.6 Å². The molecule has 2 N–H and O–H groups in total. The highest BCUT2D eigenvalue weighted by Gasteiger charge is 2.30. The van der Waals surface area contributed by atoms with Crippen LogP contribution < -0.4 is 5.73 Å². The first-order chi connectivity index (χ1) is 8.28.